The molecule has 1 aromatic rings. The van der Waals surface area contributed by atoms with Crippen LogP contribution in [0, 0.1) is 0 Å². The molecule has 0 aliphatic rings. The van der Waals surface area contributed by atoms with Crippen molar-refractivity contribution in [1.82, 2.24) is 0 Å². The van der Waals surface area contributed by atoms with E-state index in [4.69, 9.17) is 10.2 Å². The molecule has 110 valence electrons. The number of halogens is 1. The SMILES string of the molecule is NS(=O)(=O)c1ccc(NC(=O)CSCC(=O)O)c(Br)c1. The van der Waals surface area contributed by atoms with Crippen LogP contribution in [-0.4, -0.2) is 36.9 Å². The molecule has 0 saturated heterocycles. The van der Waals surface area contributed by atoms with E-state index in [1.165, 1.54) is 18.2 Å². The van der Waals surface area contributed by atoms with Crippen molar-refractivity contribution in [3.63, 3.8) is 0 Å². The number of carboxylic acids is 1. The lowest BCUT2D eigenvalue weighted by atomic mass is 10.3. The van der Waals surface area contributed by atoms with Crippen LogP contribution in [0.1, 0.15) is 0 Å². The number of carbonyl (C=O) groups is 2. The predicted molar refractivity (Wildman–Crippen MR) is 79.1 cm³/mol. The van der Waals surface area contributed by atoms with Crippen LogP contribution in [0.3, 0.4) is 0 Å². The highest BCUT2D eigenvalue weighted by Crippen LogP contribution is 2.25. The second kappa shape index (κ2) is 7.07. The van der Waals surface area contributed by atoms with Crippen molar-refractivity contribution in [1.29, 1.82) is 0 Å². The van der Waals surface area contributed by atoms with Gasteiger partial charge in [0.15, 0.2) is 0 Å². The molecule has 1 rings (SSSR count). The molecule has 0 fully saturated rings. The van der Waals surface area contributed by atoms with E-state index in [1.54, 1.807) is 0 Å². The van der Waals surface area contributed by atoms with E-state index in [-0.39, 0.29) is 22.3 Å². The molecular weight excluding hydrogens is 372 g/mol. The number of carbonyl (C=O) groups excluding carboxylic acids is 1. The summed E-state index contributed by atoms with van der Waals surface area (Å²) in [7, 11) is -3.81. The average Bonchev–Trinajstić information content (AvgIpc) is 2.29. The number of primary sulfonamides is 1. The number of carboxylic acid groups (broad SMARTS) is 1. The number of hydrogen-bond acceptors (Lipinski definition) is 5. The predicted octanol–water partition coefficient (Wildman–Crippen LogP) is 0.853. The van der Waals surface area contributed by atoms with Crippen molar-refractivity contribution in [2.45, 2.75) is 4.90 Å². The summed E-state index contributed by atoms with van der Waals surface area (Å²) >= 11 is 4.08. The number of nitrogens with two attached hydrogens (primary N) is 1. The molecule has 0 atom stereocenters. The van der Waals surface area contributed by atoms with Crippen LogP contribution in [0.2, 0.25) is 0 Å². The van der Waals surface area contributed by atoms with Gasteiger partial charge < -0.3 is 10.4 Å². The first kappa shape index (κ1) is 17.0. The van der Waals surface area contributed by atoms with Crippen LogP contribution in [0.5, 0.6) is 0 Å². The summed E-state index contributed by atoms with van der Waals surface area (Å²) < 4.78 is 22.6. The maximum atomic E-state index is 11.5. The van der Waals surface area contributed by atoms with E-state index in [0.29, 0.717) is 10.2 Å². The molecule has 0 spiro atoms. The van der Waals surface area contributed by atoms with Gasteiger partial charge >= 0.3 is 5.97 Å². The zero-order valence-electron chi connectivity index (χ0n) is 10.00. The first-order valence-electron chi connectivity index (χ1n) is 5.12. The third kappa shape index (κ3) is 5.49. The van der Waals surface area contributed by atoms with Gasteiger partial charge in [0, 0.05) is 4.47 Å². The molecule has 0 aromatic heterocycles. The summed E-state index contributed by atoms with van der Waals surface area (Å²) in [6, 6.07) is 3.93. The maximum absolute atomic E-state index is 11.5. The molecule has 7 nitrogen and oxygen atoms in total. The van der Waals surface area contributed by atoms with Gasteiger partial charge in [0.1, 0.15) is 0 Å². The molecule has 0 aliphatic heterocycles. The Labute approximate surface area is 128 Å². The largest absolute Gasteiger partial charge is 0.481 e. The number of rotatable bonds is 6. The Morgan fingerprint density at radius 2 is 2.00 bits per heavy atom. The van der Waals surface area contributed by atoms with Crippen molar-refractivity contribution in [3.05, 3.63) is 22.7 Å². The lowest BCUT2D eigenvalue weighted by Gasteiger charge is -2.08. The number of anilines is 1. The van der Waals surface area contributed by atoms with Gasteiger partial charge in [-0.25, -0.2) is 13.6 Å². The molecule has 0 bridgehead atoms. The van der Waals surface area contributed by atoms with E-state index >= 15 is 0 Å². The van der Waals surface area contributed by atoms with Gasteiger partial charge in [0.25, 0.3) is 0 Å². The van der Waals surface area contributed by atoms with Gasteiger partial charge in [-0.05, 0) is 34.1 Å². The van der Waals surface area contributed by atoms with E-state index in [1.807, 2.05) is 0 Å². The molecule has 0 unspecified atom stereocenters. The molecule has 0 saturated carbocycles. The topological polar surface area (TPSA) is 127 Å². The summed E-state index contributed by atoms with van der Waals surface area (Å²) in [5.41, 5.74) is 0.373. The molecule has 20 heavy (non-hydrogen) atoms. The fraction of sp³-hybridized carbons (Fsp3) is 0.200. The Hall–Kier alpha value is -1.10. The van der Waals surface area contributed by atoms with Gasteiger partial charge in [-0.1, -0.05) is 0 Å². The molecule has 10 heteroatoms. The molecule has 0 radical (unpaired) electrons. The number of aliphatic carboxylic acids is 1. The molecule has 1 amide bonds. The minimum atomic E-state index is -3.81. The lowest BCUT2D eigenvalue weighted by Crippen LogP contribution is -2.16. The van der Waals surface area contributed by atoms with Crippen molar-refractivity contribution in [2.75, 3.05) is 16.8 Å². The zero-order valence-corrected chi connectivity index (χ0v) is 13.2. The van der Waals surface area contributed by atoms with Crippen LogP contribution >= 0.6 is 27.7 Å². The van der Waals surface area contributed by atoms with Crippen LogP contribution in [-0.2, 0) is 19.6 Å². The Bertz CT molecular complexity index is 633. The first-order valence-corrected chi connectivity index (χ1v) is 8.61. The molecule has 0 heterocycles. The second-order valence-electron chi connectivity index (χ2n) is 3.62. The van der Waals surface area contributed by atoms with Crippen LogP contribution < -0.4 is 10.5 Å². The number of sulfonamides is 1. The average molecular weight is 383 g/mol. The van der Waals surface area contributed by atoms with Gasteiger partial charge in [-0.2, -0.15) is 0 Å². The monoisotopic (exact) mass is 382 g/mol. The summed E-state index contributed by atoms with van der Waals surface area (Å²) in [4.78, 5) is 21.8. The summed E-state index contributed by atoms with van der Waals surface area (Å²) in [6.07, 6.45) is 0. The normalized spacial score (nSPS) is 11.1. The summed E-state index contributed by atoms with van der Waals surface area (Å²) in [5, 5.41) is 15.9. The van der Waals surface area contributed by atoms with Crippen molar-refractivity contribution < 1.29 is 23.1 Å². The highest BCUT2D eigenvalue weighted by molar-refractivity contribution is 9.10. The Morgan fingerprint density at radius 3 is 2.50 bits per heavy atom. The first-order chi connectivity index (χ1) is 9.20. The third-order valence-corrected chi connectivity index (χ3v) is 4.49. The highest BCUT2D eigenvalue weighted by Gasteiger charge is 2.12. The van der Waals surface area contributed by atoms with Gasteiger partial charge in [0.05, 0.1) is 22.1 Å². The van der Waals surface area contributed by atoms with E-state index in [2.05, 4.69) is 21.2 Å². The number of nitrogens with one attached hydrogen (secondary N) is 1. The van der Waals surface area contributed by atoms with Crippen molar-refractivity contribution >= 4 is 55.3 Å². The quantitative estimate of drug-likeness (QED) is 0.669. The molecule has 1 aromatic carbocycles. The Balaban J connectivity index is 2.69. The summed E-state index contributed by atoms with van der Waals surface area (Å²) in [6.45, 7) is 0. The van der Waals surface area contributed by atoms with Crippen LogP contribution in [0.4, 0.5) is 5.69 Å². The Kier molecular flexibility index (Phi) is 5.99. The molecule has 0 aliphatic carbocycles. The van der Waals surface area contributed by atoms with E-state index in [9.17, 15) is 18.0 Å². The number of hydrogen-bond donors (Lipinski definition) is 3. The minimum absolute atomic E-state index is 0.0182. The van der Waals surface area contributed by atoms with Crippen LogP contribution in [0.25, 0.3) is 0 Å². The molecular formula is C10H11BrN2O5S2. The fourth-order valence-electron chi connectivity index (χ4n) is 1.19. The lowest BCUT2D eigenvalue weighted by molar-refractivity contribution is -0.133. The van der Waals surface area contributed by atoms with Gasteiger partial charge in [-0.3, -0.25) is 9.59 Å². The van der Waals surface area contributed by atoms with Gasteiger partial charge in [0.2, 0.25) is 15.9 Å². The van der Waals surface area contributed by atoms with Crippen molar-refractivity contribution in [2.24, 2.45) is 5.14 Å². The summed E-state index contributed by atoms with van der Waals surface area (Å²) in [5.74, 6) is -1.57. The number of benzene rings is 1. The minimum Gasteiger partial charge on any atom is -0.481 e. The zero-order chi connectivity index (χ0) is 15.3. The standard InChI is InChI=1S/C10H11BrN2O5S2/c11-7-3-6(20(12,17)18)1-2-8(7)13-9(14)4-19-5-10(15)16/h1-3H,4-5H2,(H,13,14)(H,15,16)(H2,12,17,18). The second-order valence-corrected chi connectivity index (χ2v) is 7.02. The smallest absolute Gasteiger partial charge is 0.313 e. The van der Waals surface area contributed by atoms with E-state index < -0.39 is 16.0 Å². The maximum Gasteiger partial charge on any atom is 0.313 e. The van der Waals surface area contributed by atoms with Gasteiger partial charge in [-0.15, -0.1) is 11.8 Å². The highest BCUT2D eigenvalue weighted by atomic mass is 79.9. The molecule has 4 N–H and O–H groups in total. The third-order valence-electron chi connectivity index (χ3n) is 2.00. The van der Waals surface area contributed by atoms with E-state index in [0.717, 1.165) is 11.8 Å². The number of thioether (sulfide) groups is 1. The fourth-order valence-corrected chi connectivity index (χ4v) is 2.90. The van der Waals surface area contributed by atoms with Crippen molar-refractivity contribution in [3.8, 4) is 0 Å². The Morgan fingerprint density at radius 1 is 1.35 bits per heavy atom. The number of amides is 1. The van der Waals surface area contributed by atoms with Crippen LogP contribution in [0.15, 0.2) is 27.6 Å².